The van der Waals surface area contributed by atoms with Crippen LogP contribution in [0.4, 0.5) is 0 Å². The lowest BCUT2D eigenvalue weighted by atomic mass is 10.0. The van der Waals surface area contributed by atoms with E-state index in [2.05, 4.69) is 22.5 Å². The molecular weight excluding hydrogens is 536 g/mol. The minimum Gasteiger partial charge on any atom is -0.344 e. The molecule has 0 spiro atoms. The molecule has 1 aromatic carbocycles. The van der Waals surface area contributed by atoms with Gasteiger partial charge in [0.2, 0.25) is 23.6 Å². The second-order valence-electron chi connectivity index (χ2n) is 11.6. The summed E-state index contributed by atoms with van der Waals surface area (Å²) in [6, 6.07) is 4.95. The molecule has 1 aliphatic rings. The lowest BCUT2D eigenvalue weighted by molar-refractivity contribution is -0.142. The highest BCUT2D eigenvalue weighted by atomic mass is 16.2. The van der Waals surface area contributed by atoms with Gasteiger partial charge in [-0.2, -0.15) is 0 Å². The van der Waals surface area contributed by atoms with E-state index < -0.39 is 53.8 Å². The minimum absolute atomic E-state index is 0.200. The maximum absolute atomic E-state index is 13.9. The van der Waals surface area contributed by atoms with Gasteiger partial charge >= 0.3 is 0 Å². The van der Waals surface area contributed by atoms with Gasteiger partial charge in [-0.1, -0.05) is 50.8 Å². The van der Waals surface area contributed by atoms with Crippen molar-refractivity contribution in [2.24, 2.45) is 17.4 Å². The molecule has 0 aliphatic carbocycles. The van der Waals surface area contributed by atoms with Gasteiger partial charge in [0.25, 0.3) is 0 Å². The van der Waals surface area contributed by atoms with Crippen LogP contribution in [0.1, 0.15) is 65.4 Å². The Morgan fingerprint density at radius 1 is 1.00 bits per heavy atom. The average molecular weight is 585 g/mol. The van der Waals surface area contributed by atoms with Crippen molar-refractivity contribution in [3.8, 4) is 0 Å². The fourth-order valence-corrected chi connectivity index (χ4v) is 5.05. The topological polar surface area (TPSA) is 177 Å². The summed E-state index contributed by atoms with van der Waals surface area (Å²) in [5.41, 5.74) is 12.9. The molecule has 1 saturated heterocycles. The fraction of sp³-hybridized carbons (Fsp3) is 0.581. The third kappa shape index (κ3) is 10.4. The fourth-order valence-electron chi connectivity index (χ4n) is 5.05. The van der Waals surface area contributed by atoms with E-state index in [1.54, 1.807) is 6.92 Å². The van der Waals surface area contributed by atoms with Crippen molar-refractivity contribution in [1.82, 2.24) is 20.9 Å². The van der Waals surface area contributed by atoms with Crippen molar-refractivity contribution in [1.29, 1.82) is 0 Å². The molecule has 42 heavy (non-hydrogen) atoms. The van der Waals surface area contributed by atoms with Gasteiger partial charge in [-0.3, -0.25) is 24.0 Å². The first-order valence-electron chi connectivity index (χ1n) is 14.7. The van der Waals surface area contributed by atoms with Crippen molar-refractivity contribution in [2.45, 2.75) is 96.4 Å². The third-order valence-electron chi connectivity index (χ3n) is 7.34. The summed E-state index contributed by atoms with van der Waals surface area (Å²) in [7, 11) is 0. The van der Waals surface area contributed by atoms with Gasteiger partial charge in [-0.15, -0.1) is 0 Å². The van der Waals surface area contributed by atoms with Gasteiger partial charge in [0.15, 0.2) is 5.78 Å². The number of benzene rings is 1. The van der Waals surface area contributed by atoms with Crippen LogP contribution in [-0.2, 0) is 30.4 Å². The number of nitrogens with zero attached hydrogens (tertiary/aromatic N) is 1. The van der Waals surface area contributed by atoms with Crippen molar-refractivity contribution < 1.29 is 24.0 Å². The Kier molecular flexibility index (Phi) is 13.8. The Labute approximate surface area is 249 Å². The Balaban J connectivity index is 2.21. The third-order valence-corrected chi connectivity index (χ3v) is 7.34. The van der Waals surface area contributed by atoms with Gasteiger partial charge < -0.3 is 32.3 Å². The Morgan fingerprint density at radius 3 is 2.21 bits per heavy atom. The minimum atomic E-state index is -1.09. The number of carbonyl (C=O) groups excluding carboxylic acids is 5. The van der Waals surface area contributed by atoms with Gasteiger partial charge in [-0.05, 0) is 69.6 Å². The zero-order chi connectivity index (χ0) is 31.4. The van der Waals surface area contributed by atoms with Crippen LogP contribution >= 0.6 is 0 Å². The molecule has 5 atom stereocenters. The molecule has 1 heterocycles. The first-order valence-corrected chi connectivity index (χ1v) is 14.7. The molecule has 0 bridgehead atoms. The van der Waals surface area contributed by atoms with E-state index >= 15 is 0 Å². The van der Waals surface area contributed by atoms with Crippen LogP contribution in [-0.4, -0.2) is 77.6 Å². The van der Waals surface area contributed by atoms with Crippen molar-refractivity contribution >= 4 is 29.4 Å². The van der Waals surface area contributed by atoms with E-state index in [1.165, 1.54) is 11.8 Å². The van der Waals surface area contributed by atoms with Gasteiger partial charge in [0.05, 0.1) is 12.1 Å². The van der Waals surface area contributed by atoms with E-state index in [4.69, 9.17) is 11.5 Å². The first-order chi connectivity index (χ1) is 19.8. The van der Waals surface area contributed by atoms with E-state index in [0.717, 1.165) is 5.56 Å². The van der Waals surface area contributed by atoms with E-state index in [9.17, 15) is 24.0 Å². The van der Waals surface area contributed by atoms with Crippen molar-refractivity contribution in [3.05, 3.63) is 48.0 Å². The normalized spacial score (nSPS) is 17.6. The highest BCUT2D eigenvalue weighted by Gasteiger charge is 2.39. The summed E-state index contributed by atoms with van der Waals surface area (Å²) in [6.45, 7) is 11.5. The molecule has 0 radical (unpaired) electrons. The summed E-state index contributed by atoms with van der Waals surface area (Å²) >= 11 is 0. The largest absolute Gasteiger partial charge is 0.344 e. The first kappa shape index (κ1) is 34.6. The Hall–Kier alpha value is -3.57. The number of rotatable bonds is 16. The Morgan fingerprint density at radius 2 is 1.64 bits per heavy atom. The molecule has 232 valence electrons. The number of likely N-dealkylation sites (tertiary alicyclic amines) is 1. The van der Waals surface area contributed by atoms with Gasteiger partial charge in [-0.25, -0.2) is 0 Å². The van der Waals surface area contributed by atoms with Crippen LogP contribution in [0.25, 0.3) is 0 Å². The number of amides is 4. The van der Waals surface area contributed by atoms with Gasteiger partial charge in [0.1, 0.15) is 18.1 Å². The van der Waals surface area contributed by atoms with Crippen LogP contribution < -0.4 is 27.4 Å². The zero-order valence-electron chi connectivity index (χ0n) is 25.4. The lowest BCUT2D eigenvalue weighted by Gasteiger charge is -2.31. The lowest BCUT2D eigenvalue weighted by Crippen LogP contribution is -2.58. The van der Waals surface area contributed by atoms with Crippen LogP contribution in [0.2, 0.25) is 0 Å². The standard InChI is InChI=1S/C31H48N6O5/c1-19(2)17-23(33)28(39)35-25(18-22-11-7-6-8-12-22)31(42)37-16-10-14-26(37)29(40)36-27(20(3)4)30(41)34-24(21(5)38)13-9-15-32/h6-8,11-12,19,23-27H,3,9-10,13-18,32-33H2,1-2,4-5H3,(H,34,41)(H,35,39)(H,36,40)/t23-,24?,25?,26-,27-/m0/s1. The van der Waals surface area contributed by atoms with E-state index in [0.29, 0.717) is 50.8 Å². The Bertz CT molecular complexity index is 1110. The SMILES string of the molecule is C=C(C)[C@H](NC(=O)[C@@H]1CCCN1C(=O)C(Cc1ccccc1)NC(=O)[C@@H](N)CC(C)C)C(=O)NC(CCCN)C(C)=O. The molecule has 2 unspecified atom stereocenters. The van der Waals surface area contributed by atoms with E-state index in [-0.39, 0.29) is 18.1 Å². The summed E-state index contributed by atoms with van der Waals surface area (Å²) in [4.78, 5) is 66.9. The molecule has 11 nitrogen and oxygen atoms in total. The maximum atomic E-state index is 13.9. The van der Waals surface area contributed by atoms with Crippen molar-refractivity contribution in [2.75, 3.05) is 13.1 Å². The highest BCUT2D eigenvalue weighted by molar-refractivity contribution is 5.97. The van der Waals surface area contributed by atoms with Crippen molar-refractivity contribution in [3.63, 3.8) is 0 Å². The molecular formula is C31H48N6O5. The summed E-state index contributed by atoms with van der Waals surface area (Å²) < 4.78 is 0. The summed E-state index contributed by atoms with van der Waals surface area (Å²) in [5.74, 6) is -1.89. The number of Topliss-reactive ketones (excluding diaryl/α,β-unsaturated/α-hetero) is 1. The highest BCUT2D eigenvalue weighted by Crippen LogP contribution is 2.21. The van der Waals surface area contributed by atoms with Crippen LogP contribution in [0.5, 0.6) is 0 Å². The molecule has 1 aromatic rings. The predicted octanol–water partition coefficient (Wildman–Crippen LogP) is 0.952. The smallest absolute Gasteiger partial charge is 0.247 e. The van der Waals surface area contributed by atoms with E-state index in [1.807, 2.05) is 44.2 Å². The van der Waals surface area contributed by atoms with Crippen LogP contribution in [0, 0.1) is 5.92 Å². The second-order valence-corrected chi connectivity index (χ2v) is 11.6. The molecule has 0 saturated carbocycles. The molecule has 0 aromatic heterocycles. The van der Waals surface area contributed by atoms with Gasteiger partial charge in [0, 0.05) is 13.0 Å². The molecule has 1 aliphatic heterocycles. The molecule has 2 rings (SSSR count). The van der Waals surface area contributed by atoms with Crippen LogP contribution in [0.3, 0.4) is 0 Å². The number of hydrogen-bond acceptors (Lipinski definition) is 7. The number of hydrogen-bond donors (Lipinski definition) is 5. The monoisotopic (exact) mass is 584 g/mol. The molecule has 11 heteroatoms. The zero-order valence-corrected chi connectivity index (χ0v) is 25.4. The summed E-state index contributed by atoms with van der Waals surface area (Å²) in [5, 5.41) is 8.25. The predicted molar refractivity (Wildman–Crippen MR) is 162 cm³/mol. The maximum Gasteiger partial charge on any atom is 0.247 e. The quantitative estimate of drug-likeness (QED) is 0.180. The number of ketones is 1. The number of carbonyl (C=O) groups is 5. The number of nitrogens with one attached hydrogen (secondary N) is 3. The number of nitrogens with two attached hydrogens (primary N) is 2. The molecule has 7 N–H and O–H groups in total. The average Bonchev–Trinajstić information content (AvgIpc) is 3.43. The second kappa shape index (κ2) is 16.8. The summed E-state index contributed by atoms with van der Waals surface area (Å²) in [6.07, 6.45) is 2.61. The molecule has 4 amide bonds. The van der Waals surface area contributed by atoms with Crippen LogP contribution in [0.15, 0.2) is 42.5 Å². The molecule has 1 fully saturated rings.